The van der Waals surface area contributed by atoms with Crippen LogP contribution in [0.4, 0.5) is 5.82 Å². The number of hydrogen-bond donors (Lipinski definition) is 3. The molecule has 0 bridgehead atoms. The van der Waals surface area contributed by atoms with Gasteiger partial charge in [0.05, 0.1) is 5.92 Å². The number of aromatic nitrogens is 2. The molecule has 1 aromatic rings. The number of anilines is 1. The molecular formula is C13H19N5O2. The Morgan fingerprint density at radius 1 is 1.15 bits per heavy atom. The lowest BCUT2D eigenvalue weighted by Gasteiger charge is -2.23. The summed E-state index contributed by atoms with van der Waals surface area (Å²) in [7, 11) is 0. The number of amides is 2. The van der Waals surface area contributed by atoms with Crippen LogP contribution in [0.15, 0.2) is 12.4 Å². The highest BCUT2D eigenvalue weighted by molar-refractivity contribution is 5.96. The summed E-state index contributed by atoms with van der Waals surface area (Å²) in [5, 5.41) is 2.83. The Morgan fingerprint density at radius 3 is 2.55 bits per heavy atom. The van der Waals surface area contributed by atoms with Crippen molar-refractivity contribution in [1.82, 2.24) is 15.3 Å². The van der Waals surface area contributed by atoms with Crippen LogP contribution in [0.5, 0.6) is 0 Å². The van der Waals surface area contributed by atoms with Crippen LogP contribution in [0.2, 0.25) is 0 Å². The molecule has 20 heavy (non-hydrogen) atoms. The lowest BCUT2D eigenvalue weighted by atomic mass is 9.94. The zero-order valence-electron chi connectivity index (χ0n) is 11.2. The van der Waals surface area contributed by atoms with Crippen molar-refractivity contribution in [2.75, 3.05) is 5.73 Å². The standard InChI is InChI=1S/C13H19N5O2/c14-11-10(16-6-7-17-11)13(20)18-9-5-3-1-2-4-8(9)12(15)19/h6-9H,1-5H2,(H2,14,17)(H2,15,19)(H,18,20)/t8-,9-/m0/s1. The lowest BCUT2D eigenvalue weighted by Crippen LogP contribution is -2.45. The van der Waals surface area contributed by atoms with Gasteiger partial charge in [-0.25, -0.2) is 9.97 Å². The van der Waals surface area contributed by atoms with Gasteiger partial charge in [0.2, 0.25) is 5.91 Å². The molecule has 1 aliphatic rings. The minimum atomic E-state index is -0.409. The van der Waals surface area contributed by atoms with Crippen molar-refractivity contribution in [3.05, 3.63) is 18.1 Å². The van der Waals surface area contributed by atoms with E-state index in [-0.39, 0.29) is 29.4 Å². The van der Waals surface area contributed by atoms with Crippen molar-refractivity contribution in [2.24, 2.45) is 11.7 Å². The molecule has 2 rings (SSSR count). The van der Waals surface area contributed by atoms with E-state index in [2.05, 4.69) is 15.3 Å². The van der Waals surface area contributed by atoms with E-state index in [1.54, 1.807) is 0 Å². The van der Waals surface area contributed by atoms with Gasteiger partial charge < -0.3 is 16.8 Å². The highest BCUT2D eigenvalue weighted by Crippen LogP contribution is 2.23. The number of rotatable bonds is 3. The number of hydrogen-bond acceptors (Lipinski definition) is 5. The van der Waals surface area contributed by atoms with Gasteiger partial charge in [-0.05, 0) is 12.8 Å². The fourth-order valence-corrected chi connectivity index (χ4v) is 2.58. The summed E-state index contributed by atoms with van der Waals surface area (Å²) in [5.41, 5.74) is 11.1. The molecule has 5 N–H and O–H groups in total. The maximum absolute atomic E-state index is 12.2. The van der Waals surface area contributed by atoms with Crippen LogP contribution in [0.3, 0.4) is 0 Å². The summed E-state index contributed by atoms with van der Waals surface area (Å²) in [5.74, 6) is -1.04. The van der Waals surface area contributed by atoms with Crippen molar-refractivity contribution in [3.8, 4) is 0 Å². The molecule has 0 aromatic carbocycles. The van der Waals surface area contributed by atoms with Crippen LogP contribution < -0.4 is 16.8 Å². The summed E-state index contributed by atoms with van der Waals surface area (Å²) in [4.78, 5) is 31.4. The minimum Gasteiger partial charge on any atom is -0.382 e. The van der Waals surface area contributed by atoms with Crippen LogP contribution in [0.1, 0.15) is 42.6 Å². The summed E-state index contributed by atoms with van der Waals surface area (Å²) >= 11 is 0. The predicted molar refractivity (Wildman–Crippen MR) is 73.5 cm³/mol. The highest BCUT2D eigenvalue weighted by atomic mass is 16.2. The third kappa shape index (κ3) is 3.23. The molecule has 0 spiro atoms. The normalized spacial score (nSPS) is 22.8. The van der Waals surface area contributed by atoms with Crippen molar-refractivity contribution < 1.29 is 9.59 Å². The molecule has 0 unspecified atom stereocenters. The van der Waals surface area contributed by atoms with Gasteiger partial charge in [0.25, 0.3) is 5.91 Å². The van der Waals surface area contributed by atoms with Gasteiger partial charge >= 0.3 is 0 Å². The topological polar surface area (TPSA) is 124 Å². The quantitative estimate of drug-likeness (QED) is 0.682. The van der Waals surface area contributed by atoms with Gasteiger partial charge in [-0.2, -0.15) is 0 Å². The number of carbonyl (C=O) groups is 2. The Balaban J connectivity index is 2.12. The molecule has 1 heterocycles. The number of nitrogens with one attached hydrogen (secondary N) is 1. The lowest BCUT2D eigenvalue weighted by molar-refractivity contribution is -0.122. The molecule has 1 aliphatic carbocycles. The first-order valence-electron chi connectivity index (χ1n) is 6.76. The average Bonchev–Trinajstić information content (AvgIpc) is 2.64. The Kier molecular flexibility index (Phi) is 4.49. The Hall–Kier alpha value is -2.18. The molecule has 2 atom stereocenters. The second-order valence-corrected chi connectivity index (χ2v) is 5.02. The SMILES string of the molecule is NC(=O)[C@H]1CCCCC[C@@H]1NC(=O)c1nccnc1N. The van der Waals surface area contributed by atoms with Gasteiger partial charge in [0.15, 0.2) is 11.5 Å². The van der Waals surface area contributed by atoms with E-state index in [0.29, 0.717) is 6.42 Å². The van der Waals surface area contributed by atoms with Crippen LogP contribution in [0.25, 0.3) is 0 Å². The molecule has 7 heteroatoms. The number of nitrogens with two attached hydrogens (primary N) is 2. The van der Waals surface area contributed by atoms with Crippen molar-refractivity contribution in [1.29, 1.82) is 0 Å². The summed E-state index contributed by atoms with van der Waals surface area (Å²) in [6.45, 7) is 0. The Labute approximate surface area is 117 Å². The van der Waals surface area contributed by atoms with E-state index < -0.39 is 5.91 Å². The molecule has 1 saturated carbocycles. The van der Waals surface area contributed by atoms with Gasteiger partial charge in [-0.3, -0.25) is 9.59 Å². The van der Waals surface area contributed by atoms with E-state index >= 15 is 0 Å². The van der Waals surface area contributed by atoms with E-state index in [1.165, 1.54) is 12.4 Å². The monoisotopic (exact) mass is 277 g/mol. The fourth-order valence-electron chi connectivity index (χ4n) is 2.58. The van der Waals surface area contributed by atoms with Crippen molar-refractivity contribution >= 4 is 17.6 Å². The molecule has 0 aliphatic heterocycles. The average molecular weight is 277 g/mol. The highest BCUT2D eigenvalue weighted by Gasteiger charge is 2.30. The second-order valence-electron chi connectivity index (χ2n) is 5.02. The summed E-state index contributed by atoms with van der Waals surface area (Å²) in [6.07, 6.45) is 7.23. The fraction of sp³-hybridized carbons (Fsp3) is 0.538. The van der Waals surface area contributed by atoms with E-state index in [4.69, 9.17) is 11.5 Å². The molecule has 1 aromatic heterocycles. The smallest absolute Gasteiger partial charge is 0.273 e. The first-order valence-corrected chi connectivity index (χ1v) is 6.76. The Morgan fingerprint density at radius 2 is 1.85 bits per heavy atom. The number of carbonyl (C=O) groups excluding carboxylic acids is 2. The van der Waals surface area contributed by atoms with Gasteiger partial charge in [0, 0.05) is 18.4 Å². The first kappa shape index (κ1) is 14.2. The molecule has 108 valence electrons. The van der Waals surface area contributed by atoms with E-state index in [1.807, 2.05) is 0 Å². The minimum absolute atomic E-state index is 0.0780. The van der Waals surface area contributed by atoms with E-state index in [9.17, 15) is 9.59 Å². The summed E-state index contributed by atoms with van der Waals surface area (Å²) < 4.78 is 0. The molecule has 0 radical (unpaired) electrons. The molecule has 1 fully saturated rings. The Bertz CT molecular complexity index is 505. The molecular weight excluding hydrogens is 258 g/mol. The van der Waals surface area contributed by atoms with E-state index in [0.717, 1.165) is 25.7 Å². The zero-order chi connectivity index (χ0) is 14.5. The molecule has 0 saturated heterocycles. The maximum Gasteiger partial charge on any atom is 0.273 e. The molecule has 2 amide bonds. The second kappa shape index (κ2) is 6.31. The first-order chi connectivity index (χ1) is 9.59. The third-order valence-corrected chi connectivity index (χ3v) is 3.64. The molecule has 7 nitrogen and oxygen atoms in total. The predicted octanol–water partition coefficient (Wildman–Crippen LogP) is 0.223. The van der Waals surface area contributed by atoms with Crippen LogP contribution in [-0.4, -0.2) is 27.8 Å². The van der Waals surface area contributed by atoms with Crippen molar-refractivity contribution in [2.45, 2.75) is 38.1 Å². The van der Waals surface area contributed by atoms with Crippen LogP contribution in [-0.2, 0) is 4.79 Å². The van der Waals surface area contributed by atoms with Gasteiger partial charge in [0.1, 0.15) is 0 Å². The maximum atomic E-state index is 12.2. The van der Waals surface area contributed by atoms with Crippen LogP contribution >= 0.6 is 0 Å². The number of nitrogens with zero attached hydrogens (tertiary/aromatic N) is 2. The van der Waals surface area contributed by atoms with Crippen LogP contribution in [0, 0.1) is 5.92 Å². The zero-order valence-corrected chi connectivity index (χ0v) is 11.2. The number of nitrogen functional groups attached to an aromatic ring is 1. The van der Waals surface area contributed by atoms with Gasteiger partial charge in [-0.1, -0.05) is 19.3 Å². The third-order valence-electron chi connectivity index (χ3n) is 3.64. The van der Waals surface area contributed by atoms with Crippen molar-refractivity contribution in [3.63, 3.8) is 0 Å². The largest absolute Gasteiger partial charge is 0.382 e. The van der Waals surface area contributed by atoms with Gasteiger partial charge in [-0.15, -0.1) is 0 Å². The summed E-state index contributed by atoms with van der Waals surface area (Å²) in [6, 6.07) is -0.260. The number of primary amides is 1.